The number of piperidine rings is 1. The van der Waals surface area contributed by atoms with Gasteiger partial charge in [-0.25, -0.2) is 14.2 Å². The SMILES string of the molecule is CCCn1c(=O)c2sc(N3CCCCC3)nc2n(CC(=O)c2ccc(F)cc2)c1=O. The summed E-state index contributed by atoms with van der Waals surface area (Å²) in [5, 5.41) is 0.707. The Bertz CT molecular complexity index is 1190. The molecule has 0 spiro atoms. The van der Waals surface area contributed by atoms with Crippen molar-refractivity contribution < 1.29 is 9.18 Å². The Morgan fingerprint density at radius 1 is 1.10 bits per heavy atom. The third-order valence-electron chi connectivity index (χ3n) is 5.30. The normalized spacial score (nSPS) is 14.4. The summed E-state index contributed by atoms with van der Waals surface area (Å²) in [7, 11) is 0. The number of Topliss-reactive ketones (excluding diaryl/α,β-unsaturated/α-hetero) is 1. The Morgan fingerprint density at radius 2 is 1.80 bits per heavy atom. The van der Waals surface area contributed by atoms with Gasteiger partial charge in [-0.05, 0) is 49.9 Å². The molecule has 3 aromatic rings. The number of hydrogen-bond acceptors (Lipinski definition) is 6. The monoisotopic (exact) mass is 430 g/mol. The van der Waals surface area contributed by atoms with Gasteiger partial charge in [0.1, 0.15) is 10.5 Å². The van der Waals surface area contributed by atoms with Gasteiger partial charge in [-0.2, -0.15) is 0 Å². The molecule has 1 saturated heterocycles. The molecule has 1 aliphatic heterocycles. The molecule has 0 atom stereocenters. The van der Waals surface area contributed by atoms with Gasteiger partial charge < -0.3 is 4.90 Å². The molecule has 1 aliphatic rings. The Kier molecular flexibility index (Phi) is 5.80. The van der Waals surface area contributed by atoms with Crippen molar-refractivity contribution in [3.05, 3.63) is 56.5 Å². The highest BCUT2D eigenvalue weighted by atomic mass is 32.1. The number of halogens is 1. The van der Waals surface area contributed by atoms with E-state index in [9.17, 15) is 18.8 Å². The first-order valence-corrected chi connectivity index (χ1v) is 11.0. The number of ketones is 1. The minimum Gasteiger partial charge on any atom is -0.348 e. The van der Waals surface area contributed by atoms with Gasteiger partial charge in [-0.1, -0.05) is 18.3 Å². The lowest BCUT2D eigenvalue weighted by atomic mass is 10.1. The van der Waals surface area contributed by atoms with Crippen LogP contribution in [-0.4, -0.2) is 33.0 Å². The molecule has 0 amide bonds. The van der Waals surface area contributed by atoms with Crippen molar-refractivity contribution >= 4 is 32.6 Å². The van der Waals surface area contributed by atoms with E-state index < -0.39 is 11.5 Å². The van der Waals surface area contributed by atoms with Crippen LogP contribution in [0.2, 0.25) is 0 Å². The summed E-state index contributed by atoms with van der Waals surface area (Å²) < 4.78 is 16.0. The van der Waals surface area contributed by atoms with Crippen molar-refractivity contribution in [2.75, 3.05) is 18.0 Å². The molecule has 0 radical (unpaired) electrons. The van der Waals surface area contributed by atoms with Gasteiger partial charge in [0.2, 0.25) is 0 Å². The van der Waals surface area contributed by atoms with Gasteiger partial charge in [-0.15, -0.1) is 0 Å². The van der Waals surface area contributed by atoms with Crippen LogP contribution in [0.25, 0.3) is 10.3 Å². The highest BCUT2D eigenvalue weighted by Gasteiger charge is 2.22. The minimum atomic E-state index is -0.541. The summed E-state index contributed by atoms with van der Waals surface area (Å²) in [5.41, 5.74) is -0.349. The van der Waals surface area contributed by atoms with E-state index in [0.29, 0.717) is 21.8 Å². The predicted octanol–water partition coefficient (Wildman–Crippen LogP) is 3.04. The fourth-order valence-corrected chi connectivity index (χ4v) is 4.79. The highest BCUT2D eigenvalue weighted by Crippen LogP contribution is 2.28. The third-order valence-corrected chi connectivity index (χ3v) is 6.39. The summed E-state index contributed by atoms with van der Waals surface area (Å²) in [6.07, 6.45) is 3.91. The molecule has 7 nitrogen and oxygen atoms in total. The van der Waals surface area contributed by atoms with Crippen LogP contribution < -0.4 is 16.1 Å². The molecule has 1 aromatic carbocycles. The van der Waals surface area contributed by atoms with Crippen LogP contribution in [0.1, 0.15) is 43.0 Å². The lowest BCUT2D eigenvalue weighted by Crippen LogP contribution is -2.40. The predicted molar refractivity (Wildman–Crippen MR) is 115 cm³/mol. The Hall–Kier alpha value is -2.81. The number of hydrogen-bond donors (Lipinski definition) is 0. The van der Waals surface area contributed by atoms with E-state index in [1.165, 1.54) is 51.2 Å². The molecule has 0 aliphatic carbocycles. The first-order chi connectivity index (χ1) is 14.5. The number of benzene rings is 1. The number of carbonyl (C=O) groups is 1. The van der Waals surface area contributed by atoms with Gasteiger partial charge in [0.25, 0.3) is 5.56 Å². The molecule has 30 heavy (non-hydrogen) atoms. The number of carbonyl (C=O) groups excluding carboxylic acids is 1. The van der Waals surface area contributed by atoms with Crippen molar-refractivity contribution in [1.29, 1.82) is 0 Å². The second kappa shape index (κ2) is 8.51. The molecular weight excluding hydrogens is 407 g/mol. The smallest absolute Gasteiger partial charge is 0.333 e. The zero-order valence-electron chi connectivity index (χ0n) is 16.8. The van der Waals surface area contributed by atoms with E-state index >= 15 is 0 Å². The second-order valence-corrected chi connectivity index (χ2v) is 8.43. The minimum absolute atomic E-state index is 0.249. The summed E-state index contributed by atoms with van der Waals surface area (Å²) in [6, 6.07) is 5.20. The fourth-order valence-electron chi connectivity index (χ4n) is 3.72. The van der Waals surface area contributed by atoms with Gasteiger partial charge >= 0.3 is 5.69 Å². The van der Waals surface area contributed by atoms with Crippen LogP contribution in [0, 0.1) is 5.82 Å². The molecule has 158 valence electrons. The van der Waals surface area contributed by atoms with E-state index in [-0.39, 0.29) is 30.1 Å². The maximum Gasteiger partial charge on any atom is 0.333 e. The van der Waals surface area contributed by atoms with Crippen LogP contribution in [0.3, 0.4) is 0 Å². The largest absolute Gasteiger partial charge is 0.348 e. The molecule has 0 unspecified atom stereocenters. The average Bonchev–Trinajstić information content (AvgIpc) is 3.21. The molecule has 0 N–H and O–H groups in total. The number of thiazole rings is 1. The number of aromatic nitrogens is 3. The van der Waals surface area contributed by atoms with Crippen molar-refractivity contribution in [2.45, 2.75) is 45.7 Å². The number of rotatable bonds is 6. The second-order valence-electron chi connectivity index (χ2n) is 7.45. The van der Waals surface area contributed by atoms with Crippen LogP contribution in [0.4, 0.5) is 9.52 Å². The lowest BCUT2D eigenvalue weighted by molar-refractivity contribution is 0.0971. The van der Waals surface area contributed by atoms with Gasteiger partial charge in [-0.3, -0.25) is 18.7 Å². The Labute approximate surface area is 176 Å². The molecular formula is C21H23FN4O3S. The van der Waals surface area contributed by atoms with E-state index in [4.69, 9.17) is 0 Å². The van der Waals surface area contributed by atoms with E-state index in [1.54, 1.807) is 0 Å². The van der Waals surface area contributed by atoms with E-state index in [0.717, 1.165) is 25.9 Å². The van der Waals surface area contributed by atoms with Gasteiger partial charge in [0.05, 0.1) is 6.54 Å². The maximum absolute atomic E-state index is 13.2. The molecule has 9 heteroatoms. The average molecular weight is 431 g/mol. The molecule has 0 saturated carbocycles. The summed E-state index contributed by atoms with van der Waals surface area (Å²) in [5.74, 6) is -0.777. The molecule has 4 rings (SSSR count). The van der Waals surface area contributed by atoms with Crippen LogP contribution in [0.5, 0.6) is 0 Å². The zero-order valence-corrected chi connectivity index (χ0v) is 17.6. The highest BCUT2D eigenvalue weighted by molar-refractivity contribution is 7.22. The third kappa shape index (κ3) is 3.81. The van der Waals surface area contributed by atoms with Crippen molar-refractivity contribution in [2.24, 2.45) is 0 Å². The topological polar surface area (TPSA) is 77.2 Å². The Balaban J connectivity index is 1.82. The van der Waals surface area contributed by atoms with Crippen molar-refractivity contribution in [3.8, 4) is 0 Å². The van der Waals surface area contributed by atoms with Crippen molar-refractivity contribution in [3.63, 3.8) is 0 Å². The van der Waals surface area contributed by atoms with Gasteiger partial charge in [0, 0.05) is 25.2 Å². The molecule has 1 fully saturated rings. The zero-order chi connectivity index (χ0) is 21.3. The van der Waals surface area contributed by atoms with Crippen LogP contribution >= 0.6 is 11.3 Å². The van der Waals surface area contributed by atoms with Crippen LogP contribution in [0.15, 0.2) is 33.9 Å². The van der Waals surface area contributed by atoms with Gasteiger partial charge in [0.15, 0.2) is 16.6 Å². The summed E-state index contributed by atoms with van der Waals surface area (Å²) >= 11 is 1.28. The first kappa shape index (κ1) is 20.5. The van der Waals surface area contributed by atoms with Crippen LogP contribution in [-0.2, 0) is 13.1 Å². The quantitative estimate of drug-likeness (QED) is 0.562. The van der Waals surface area contributed by atoms with Crippen molar-refractivity contribution in [1.82, 2.24) is 14.1 Å². The summed E-state index contributed by atoms with van der Waals surface area (Å²) in [4.78, 5) is 45.5. The fraction of sp³-hybridized carbons (Fsp3) is 0.429. The molecule has 3 heterocycles. The summed E-state index contributed by atoms with van der Waals surface area (Å²) in [6.45, 7) is 3.63. The first-order valence-electron chi connectivity index (χ1n) is 10.2. The Morgan fingerprint density at radius 3 is 2.47 bits per heavy atom. The number of fused-ring (bicyclic) bond motifs is 1. The lowest BCUT2D eigenvalue weighted by Gasteiger charge is -2.25. The number of nitrogens with zero attached hydrogens (tertiary/aromatic N) is 4. The molecule has 2 aromatic heterocycles. The number of anilines is 1. The molecule has 0 bridgehead atoms. The van der Waals surface area contributed by atoms with E-state index in [2.05, 4.69) is 9.88 Å². The van der Waals surface area contributed by atoms with E-state index in [1.807, 2.05) is 6.92 Å². The standard InChI is InChI=1S/C21H23FN4O3S/c1-2-10-25-19(28)17-18(23-20(30-17)24-11-4-3-5-12-24)26(21(25)29)13-16(27)14-6-8-15(22)9-7-14/h6-9H,2-5,10-13H2,1H3. The maximum atomic E-state index is 13.2.